The Morgan fingerprint density at radius 2 is 1.82 bits per heavy atom. The van der Waals surface area contributed by atoms with Crippen molar-refractivity contribution in [1.29, 1.82) is 0 Å². The van der Waals surface area contributed by atoms with E-state index >= 15 is 0 Å². The number of carbonyl (C=O) groups excluding carboxylic acids is 1. The van der Waals surface area contributed by atoms with Crippen molar-refractivity contribution >= 4 is 27.7 Å². The van der Waals surface area contributed by atoms with Crippen LogP contribution >= 0.6 is 15.9 Å². The molecule has 206 valence electrons. The monoisotopic (exact) mass is 605 g/mol. The Morgan fingerprint density at radius 3 is 2.51 bits per heavy atom. The zero-order chi connectivity index (χ0) is 27.9. The number of benzene rings is 3. The molecule has 0 radical (unpaired) electrons. The molecule has 1 aliphatic heterocycles. The first-order valence-electron chi connectivity index (χ1n) is 12.2. The lowest BCUT2D eigenvalue weighted by Crippen LogP contribution is -2.52. The first-order chi connectivity index (χ1) is 18.7. The number of amides is 1. The molecule has 3 aromatic carbocycles. The third kappa shape index (κ3) is 7.59. The highest BCUT2D eigenvalue weighted by molar-refractivity contribution is 9.10. The number of halogens is 4. The lowest BCUT2D eigenvalue weighted by Gasteiger charge is -2.23. The Morgan fingerprint density at radius 1 is 1.08 bits per heavy atom. The normalized spacial score (nSPS) is 16.9. The molecular weight excluding hydrogens is 579 g/mol. The summed E-state index contributed by atoms with van der Waals surface area (Å²) in [4.78, 5) is 18.1. The van der Waals surface area contributed by atoms with Gasteiger partial charge in [0.05, 0.1) is 12.2 Å². The first kappa shape index (κ1) is 28.6. The third-order valence-corrected chi connectivity index (χ3v) is 6.55. The molecular formula is C28H27BrF3N3O4. The van der Waals surface area contributed by atoms with Gasteiger partial charge in [0.15, 0.2) is 5.54 Å². The van der Waals surface area contributed by atoms with Gasteiger partial charge in [-0.2, -0.15) is 13.2 Å². The Kier molecular flexibility index (Phi) is 9.26. The number of aliphatic imine (C=N–C) groups is 1. The smallest absolute Gasteiger partial charge is 0.416 e. The van der Waals surface area contributed by atoms with E-state index in [1.807, 2.05) is 24.3 Å². The van der Waals surface area contributed by atoms with Gasteiger partial charge in [0.2, 0.25) is 5.90 Å². The number of aliphatic hydroxyl groups is 1. The minimum atomic E-state index is -4.45. The van der Waals surface area contributed by atoms with E-state index in [1.165, 1.54) is 12.1 Å². The average molecular weight is 606 g/mol. The van der Waals surface area contributed by atoms with Gasteiger partial charge < -0.3 is 14.6 Å². The molecule has 0 aliphatic carbocycles. The van der Waals surface area contributed by atoms with E-state index in [4.69, 9.17) is 19.6 Å². The fourth-order valence-electron chi connectivity index (χ4n) is 3.97. The van der Waals surface area contributed by atoms with Crippen LogP contribution in [0.25, 0.3) is 0 Å². The molecule has 11 heteroatoms. The van der Waals surface area contributed by atoms with Crippen LogP contribution in [0.5, 0.6) is 5.75 Å². The number of hydrogen-bond acceptors (Lipinski definition) is 6. The van der Waals surface area contributed by atoms with Gasteiger partial charge >= 0.3 is 6.18 Å². The van der Waals surface area contributed by atoms with Crippen molar-refractivity contribution in [2.24, 2.45) is 4.99 Å². The van der Waals surface area contributed by atoms with Gasteiger partial charge in [0.1, 0.15) is 12.4 Å². The van der Waals surface area contributed by atoms with Gasteiger partial charge in [-0.25, -0.2) is 10.4 Å². The highest BCUT2D eigenvalue weighted by atomic mass is 79.9. The van der Waals surface area contributed by atoms with Crippen LogP contribution in [-0.2, 0) is 28.7 Å². The topological polar surface area (TPSA) is 92.2 Å². The summed E-state index contributed by atoms with van der Waals surface area (Å²) >= 11 is 3.41. The predicted molar refractivity (Wildman–Crippen MR) is 143 cm³/mol. The fourth-order valence-corrected chi connectivity index (χ4v) is 4.23. The quantitative estimate of drug-likeness (QED) is 0.215. The van der Waals surface area contributed by atoms with Crippen molar-refractivity contribution in [2.45, 2.75) is 31.1 Å². The summed E-state index contributed by atoms with van der Waals surface area (Å²) in [7, 11) is 0. The van der Waals surface area contributed by atoms with E-state index < -0.39 is 23.2 Å². The minimum Gasteiger partial charge on any atom is -0.494 e. The van der Waals surface area contributed by atoms with Crippen molar-refractivity contribution in [3.05, 3.63) is 99.5 Å². The summed E-state index contributed by atoms with van der Waals surface area (Å²) < 4.78 is 51.4. The molecule has 7 nitrogen and oxygen atoms in total. The van der Waals surface area contributed by atoms with Gasteiger partial charge in [-0.05, 0) is 53.6 Å². The number of carbonyl (C=O) groups is 1. The summed E-state index contributed by atoms with van der Waals surface area (Å²) in [6, 6.07) is 19.4. The molecule has 0 fully saturated rings. The highest BCUT2D eigenvalue weighted by Crippen LogP contribution is 2.30. The summed E-state index contributed by atoms with van der Waals surface area (Å²) in [5, 5.41) is 8.90. The lowest BCUT2D eigenvalue weighted by atomic mass is 9.91. The van der Waals surface area contributed by atoms with Crippen LogP contribution in [0, 0.1) is 0 Å². The standard InChI is InChI=1S/C28H27BrF3N3O4/c29-23-9-5-19(6-10-23)16-27(26(37)35-33-17-20-3-1-4-22(15-20)28(30,31)32)18-39-25(34-27)21-7-11-24(12-8-21)38-14-2-13-36/h1,3-12,15,33,36H,2,13-14,16-18H2,(H,35,37)/t27-/m0/s1. The summed E-state index contributed by atoms with van der Waals surface area (Å²) in [6.45, 7) is 0.390. The Labute approximate surface area is 232 Å². The Bertz CT molecular complexity index is 1300. The van der Waals surface area contributed by atoms with Crippen molar-refractivity contribution in [2.75, 3.05) is 19.8 Å². The Balaban J connectivity index is 1.50. The van der Waals surface area contributed by atoms with E-state index in [9.17, 15) is 18.0 Å². The van der Waals surface area contributed by atoms with E-state index in [0.29, 0.717) is 35.8 Å². The van der Waals surface area contributed by atoms with Crippen molar-refractivity contribution in [3.63, 3.8) is 0 Å². The fraction of sp³-hybridized carbons (Fsp3) is 0.286. The van der Waals surface area contributed by atoms with E-state index in [-0.39, 0.29) is 26.2 Å². The highest BCUT2D eigenvalue weighted by Gasteiger charge is 2.44. The molecule has 3 aromatic rings. The van der Waals surface area contributed by atoms with Crippen LogP contribution in [0.3, 0.4) is 0 Å². The van der Waals surface area contributed by atoms with E-state index in [1.54, 1.807) is 24.3 Å². The number of aliphatic hydroxyl groups excluding tert-OH is 1. The molecule has 0 bridgehead atoms. The van der Waals surface area contributed by atoms with Crippen LogP contribution in [-0.4, -0.2) is 42.3 Å². The third-order valence-electron chi connectivity index (χ3n) is 6.02. The second kappa shape index (κ2) is 12.6. The number of hydrogen-bond donors (Lipinski definition) is 3. The van der Waals surface area contributed by atoms with Crippen LogP contribution in [0.2, 0.25) is 0 Å². The zero-order valence-electron chi connectivity index (χ0n) is 20.8. The lowest BCUT2D eigenvalue weighted by molar-refractivity contribution is -0.137. The summed E-state index contributed by atoms with van der Waals surface area (Å²) in [6.07, 6.45) is -3.69. The number of hydrazine groups is 1. The molecule has 1 aliphatic rings. The van der Waals surface area contributed by atoms with Gasteiger partial charge in [-0.15, -0.1) is 0 Å². The number of rotatable bonds is 11. The molecule has 39 heavy (non-hydrogen) atoms. The van der Waals surface area contributed by atoms with Crippen molar-refractivity contribution in [1.82, 2.24) is 10.9 Å². The van der Waals surface area contributed by atoms with Gasteiger partial charge in [0.25, 0.3) is 5.91 Å². The van der Waals surface area contributed by atoms with E-state index in [2.05, 4.69) is 26.8 Å². The molecule has 1 heterocycles. The average Bonchev–Trinajstić information content (AvgIpc) is 3.35. The van der Waals surface area contributed by atoms with Crippen molar-refractivity contribution < 1.29 is 32.5 Å². The SMILES string of the molecule is O=C(NNCc1cccc(C(F)(F)F)c1)[C@]1(Cc2ccc(Br)cc2)COC(c2ccc(OCCCO)cc2)=N1. The first-order valence-corrected chi connectivity index (χ1v) is 13.0. The molecule has 4 rings (SSSR count). The zero-order valence-corrected chi connectivity index (χ0v) is 22.4. The van der Waals surface area contributed by atoms with Crippen molar-refractivity contribution in [3.8, 4) is 5.75 Å². The minimum absolute atomic E-state index is 0.0147. The second-order valence-electron chi connectivity index (χ2n) is 9.00. The number of alkyl halides is 3. The molecule has 0 saturated carbocycles. The van der Waals surface area contributed by atoms with Gasteiger partial charge in [-0.3, -0.25) is 10.2 Å². The number of nitrogens with one attached hydrogen (secondary N) is 2. The summed E-state index contributed by atoms with van der Waals surface area (Å²) in [5.41, 5.74) is 5.14. The van der Waals surface area contributed by atoms with Crippen LogP contribution in [0.4, 0.5) is 13.2 Å². The second-order valence-corrected chi connectivity index (χ2v) is 9.91. The molecule has 1 amide bonds. The van der Waals surface area contributed by atoms with Crippen LogP contribution in [0.1, 0.15) is 28.7 Å². The maximum absolute atomic E-state index is 13.4. The molecule has 0 unspecified atom stereocenters. The maximum Gasteiger partial charge on any atom is 0.416 e. The maximum atomic E-state index is 13.4. The van der Waals surface area contributed by atoms with Crippen LogP contribution < -0.4 is 15.6 Å². The van der Waals surface area contributed by atoms with Gasteiger partial charge in [0, 0.05) is 36.0 Å². The molecule has 0 aromatic heterocycles. The molecule has 3 N–H and O–H groups in total. The molecule has 0 spiro atoms. The Hall–Kier alpha value is -3.41. The molecule has 0 saturated heterocycles. The largest absolute Gasteiger partial charge is 0.494 e. The van der Waals surface area contributed by atoms with E-state index in [0.717, 1.165) is 22.2 Å². The molecule has 1 atom stereocenters. The van der Waals surface area contributed by atoms with Gasteiger partial charge in [-0.1, -0.05) is 46.3 Å². The summed E-state index contributed by atoms with van der Waals surface area (Å²) in [5.74, 6) is 0.446. The number of nitrogens with zero attached hydrogens (tertiary/aromatic N) is 1. The van der Waals surface area contributed by atoms with Crippen LogP contribution in [0.15, 0.2) is 82.3 Å². The predicted octanol–water partition coefficient (Wildman–Crippen LogP) is 4.81. The number of ether oxygens (including phenoxy) is 2.